The molecule has 17 heavy (non-hydrogen) atoms. The van der Waals surface area contributed by atoms with E-state index in [1.54, 1.807) is 0 Å². The van der Waals surface area contributed by atoms with Gasteiger partial charge in [0.05, 0.1) is 6.26 Å². The van der Waals surface area contributed by atoms with Crippen LogP contribution in [0.25, 0.3) is 11.0 Å². The highest BCUT2D eigenvalue weighted by atomic mass is 35.5. The first-order chi connectivity index (χ1) is 8.25. The number of aryl methyl sites for hydroxylation is 1. The Morgan fingerprint density at radius 1 is 1.29 bits per heavy atom. The summed E-state index contributed by atoms with van der Waals surface area (Å²) in [7, 11) is 0. The molecule has 1 aromatic heterocycles. The Hall–Kier alpha value is -0.990. The summed E-state index contributed by atoms with van der Waals surface area (Å²) in [5, 5.41) is 6.39. The summed E-state index contributed by atoms with van der Waals surface area (Å²) in [6.07, 6.45) is 4.15. The van der Waals surface area contributed by atoms with Crippen molar-refractivity contribution in [2.24, 2.45) is 0 Å². The van der Waals surface area contributed by atoms with Crippen molar-refractivity contribution in [3.05, 3.63) is 34.5 Å². The molecular weight excluding hydrogens is 234 g/mol. The number of nitrogens with zero attached hydrogens (tertiary/aromatic N) is 1. The molecule has 0 unspecified atom stereocenters. The molecule has 3 heteroatoms. The quantitative estimate of drug-likeness (QED) is 0.753. The molecule has 2 nitrogen and oxygen atoms in total. The van der Waals surface area contributed by atoms with E-state index in [-0.39, 0.29) is 0 Å². The van der Waals surface area contributed by atoms with E-state index in [9.17, 15) is 0 Å². The van der Waals surface area contributed by atoms with E-state index in [2.05, 4.69) is 5.32 Å². The predicted octanol–water partition coefficient (Wildman–Crippen LogP) is 3.88. The van der Waals surface area contributed by atoms with Crippen LogP contribution in [0, 0.1) is 6.92 Å². The van der Waals surface area contributed by atoms with Gasteiger partial charge in [0.2, 0.25) is 0 Å². The Labute approximate surface area is 106 Å². The number of hydrogen-bond acceptors (Lipinski definition) is 1. The van der Waals surface area contributed by atoms with Gasteiger partial charge < -0.3 is 4.42 Å². The third kappa shape index (κ3) is 1.96. The summed E-state index contributed by atoms with van der Waals surface area (Å²) >= 11 is 6.20. The number of furan rings is 1. The van der Waals surface area contributed by atoms with E-state index >= 15 is 0 Å². The van der Waals surface area contributed by atoms with Crippen molar-refractivity contribution in [3.8, 4) is 0 Å². The molecule has 3 rings (SSSR count). The van der Waals surface area contributed by atoms with Crippen molar-refractivity contribution in [2.75, 3.05) is 13.1 Å². The van der Waals surface area contributed by atoms with Crippen LogP contribution in [0.5, 0.6) is 0 Å². The Morgan fingerprint density at radius 2 is 2.06 bits per heavy atom. The van der Waals surface area contributed by atoms with Gasteiger partial charge in [0, 0.05) is 29.1 Å². The number of fused-ring (bicyclic) bond motifs is 1. The van der Waals surface area contributed by atoms with E-state index in [0.29, 0.717) is 5.92 Å². The number of piperidine rings is 1. The molecular formula is C14H15ClNO. The largest absolute Gasteiger partial charge is 0.464 e. The van der Waals surface area contributed by atoms with Crippen molar-refractivity contribution in [1.29, 1.82) is 0 Å². The van der Waals surface area contributed by atoms with Crippen molar-refractivity contribution in [2.45, 2.75) is 25.7 Å². The highest BCUT2D eigenvalue weighted by molar-refractivity contribution is 6.32. The van der Waals surface area contributed by atoms with Crippen LogP contribution < -0.4 is 5.32 Å². The fraction of sp³-hybridized carbons (Fsp3) is 0.429. The highest BCUT2D eigenvalue weighted by Gasteiger charge is 2.20. The summed E-state index contributed by atoms with van der Waals surface area (Å²) in [4.78, 5) is 0. The lowest BCUT2D eigenvalue weighted by molar-refractivity contribution is 0.451. The van der Waals surface area contributed by atoms with Gasteiger partial charge in [-0.3, -0.25) is 0 Å². The maximum Gasteiger partial charge on any atom is 0.134 e. The lowest BCUT2D eigenvalue weighted by Crippen LogP contribution is -2.20. The minimum atomic E-state index is 0.576. The van der Waals surface area contributed by atoms with Crippen LogP contribution in [-0.4, -0.2) is 13.1 Å². The molecule has 0 aliphatic carbocycles. The summed E-state index contributed by atoms with van der Waals surface area (Å²) in [6.45, 7) is 3.94. The first-order valence-corrected chi connectivity index (χ1v) is 6.44. The molecule has 0 atom stereocenters. The van der Waals surface area contributed by atoms with Gasteiger partial charge in [-0.25, -0.2) is 5.32 Å². The zero-order valence-electron chi connectivity index (χ0n) is 9.87. The van der Waals surface area contributed by atoms with E-state index in [1.165, 1.54) is 10.9 Å². The molecule has 0 bridgehead atoms. The van der Waals surface area contributed by atoms with Crippen LogP contribution in [0.4, 0.5) is 0 Å². The molecule has 2 heterocycles. The van der Waals surface area contributed by atoms with Crippen LogP contribution >= 0.6 is 11.6 Å². The number of halogens is 1. The molecule has 0 amide bonds. The average molecular weight is 249 g/mol. The first-order valence-electron chi connectivity index (χ1n) is 6.06. The van der Waals surface area contributed by atoms with Gasteiger partial charge in [-0.1, -0.05) is 11.6 Å². The molecule has 0 N–H and O–H groups in total. The van der Waals surface area contributed by atoms with Crippen molar-refractivity contribution >= 4 is 22.6 Å². The molecule has 1 saturated heterocycles. The fourth-order valence-corrected chi connectivity index (χ4v) is 2.71. The highest BCUT2D eigenvalue weighted by Crippen LogP contribution is 2.35. The Morgan fingerprint density at radius 3 is 2.82 bits per heavy atom. The molecule has 0 saturated carbocycles. The fourth-order valence-electron chi connectivity index (χ4n) is 2.55. The molecule has 1 aliphatic rings. The lowest BCUT2D eigenvalue weighted by atomic mass is 9.90. The van der Waals surface area contributed by atoms with E-state index in [4.69, 9.17) is 16.0 Å². The first kappa shape index (κ1) is 11.1. The average Bonchev–Trinajstić information content (AvgIpc) is 2.74. The van der Waals surface area contributed by atoms with Gasteiger partial charge in [-0.05, 0) is 43.4 Å². The SMILES string of the molecule is Cc1cc2occ(C3CC[N]CC3)c2cc1Cl. The smallest absolute Gasteiger partial charge is 0.134 e. The van der Waals surface area contributed by atoms with Gasteiger partial charge >= 0.3 is 0 Å². The topological polar surface area (TPSA) is 27.2 Å². The minimum Gasteiger partial charge on any atom is -0.464 e. The van der Waals surface area contributed by atoms with Gasteiger partial charge in [0.15, 0.2) is 0 Å². The third-order valence-corrected chi connectivity index (χ3v) is 4.00. The van der Waals surface area contributed by atoms with Crippen LogP contribution in [0.2, 0.25) is 5.02 Å². The van der Waals surface area contributed by atoms with Crippen LogP contribution in [0.15, 0.2) is 22.8 Å². The van der Waals surface area contributed by atoms with Gasteiger partial charge in [0.25, 0.3) is 0 Å². The van der Waals surface area contributed by atoms with Gasteiger partial charge in [-0.2, -0.15) is 0 Å². The second-order valence-corrected chi connectivity index (χ2v) is 5.14. The maximum atomic E-state index is 6.20. The minimum absolute atomic E-state index is 0.576. The second-order valence-electron chi connectivity index (χ2n) is 4.73. The molecule has 1 radical (unpaired) electrons. The maximum absolute atomic E-state index is 6.20. The normalized spacial score (nSPS) is 17.8. The second kappa shape index (κ2) is 4.35. The molecule has 1 aromatic carbocycles. The molecule has 0 spiro atoms. The zero-order valence-corrected chi connectivity index (χ0v) is 10.6. The number of rotatable bonds is 1. The summed E-state index contributed by atoms with van der Waals surface area (Å²) in [6, 6.07) is 4.06. The predicted molar refractivity (Wildman–Crippen MR) is 69.8 cm³/mol. The van der Waals surface area contributed by atoms with Crippen molar-refractivity contribution in [1.82, 2.24) is 5.32 Å². The number of hydrogen-bond donors (Lipinski definition) is 0. The van der Waals surface area contributed by atoms with Crippen LogP contribution in [0.3, 0.4) is 0 Å². The molecule has 89 valence electrons. The molecule has 1 fully saturated rings. The third-order valence-electron chi connectivity index (χ3n) is 3.60. The zero-order chi connectivity index (χ0) is 11.8. The summed E-state index contributed by atoms with van der Waals surface area (Å²) < 4.78 is 5.65. The Kier molecular flexibility index (Phi) is 2.85. The molecule has 2 aromatic rings. The van der Waals surface area contributed by atoms with E-state index in [0.717, 1.165) is 42.1 Å². The van der Waals surface area contributed by atoms with E-state index in [1.807, 2.05) is 25.3 Å². The standard InChI is InChI=1S/C14H15ClNO/c1-9-6-14-11(7-13(9)15)12(8-17-14)10-2-4-16-5-3-10/h6-8,10H,2-5H2,1H3. The molecule has 1 aliphatic heterocycles. The Bertz CT molecular complexity index is 540. The van der Waals surface area contributed by atoms with Crippen molar-refractivity contribution in [3.63, 3.8) is 0 Å². The monoisotopic (exact) mass is 248 g/mol. The Balaban J connectivity index is 2.07. The van der Waals surface area contributed by atoms with Gasteiger partial charge in [-0.15, -0.1) is 0 Å². The summed E-state index contributed by atoms with van der Waals surface area (Å²) in [5.41, 5.74) is 3.32. The van der Waals surface area contributed by atoms with E-state index < -0.39 is 0 Å². The summed E-state index contributed by atoms with van der Waals surface area (Å²) in [5.74, 6) is 0.576. The van der Waals surface area contributed by atoms with Crippen LogP contribution in [0.1, 0.15) is 29.9 Å². The van der Waals surface area contributed by atoms with Gasteiger partial charge in [0.1, 0.15) is 5.58 Å². The number of benzene rings is 1. The lowest BCUT2D eigenvalue weighted by Gasteiger charge is -2.20. The van der Waals surface area contributed by atoms with Crippen molar-refractivity contribution < 1.29 is 4.42 Å². The van der Waals surface area contributed by atoms with Crippen LogP contribution in [-0.2, 0) is 0 Å².